The van der Waals surface area contributed by atoms with Crippen LogP contribution in [0.25, 0.3) is 0 Å². The molecule has 2 fully saturated rings. The topological polar surface area (TPSA) is 36.1 Å². The number of rotatable bonds is 0. The van der Waals surface area contributed by atoms with Crippen molar-refractivity contribution in [3.05, 3.63) is 0 Å². The third-order valence-corrected chi connectivity index (χ3v) is 2.58. The van der Waals surface area contributed by atoms with E-state index in [1.54, 1.807) is 0 Å². The van der Waals surface area contributed by atoms with Crippen molar-refractivity contribution in [2.75, 3.05) is 39.3 Å². The minimum Gasteiger partial charge on any atom is -0.317 e. The van der Waals surface area contributed by atoms with Crippen molar-refractivity contribution < 1.29 is 0 Å². The lowest BCUT2D eigenvalue weighted by atomic mass is 10.0. The second kappa shape index (κ2) is 7.30. The molecule has 0 radical (unpaired) electrons. The Balaban J connectivity index is 0.000000132. The minimum atomic E-state index is 0.973. The maximum absolute atomic E-state index is 3.32. The van der Waals surface area contributed by atoms with Gasteiger partial charge in [0.1, 0.15) is 0 Å². The van der Waals surface area contributed by atoms with E-state index in [4.69, 9.17) is 0 Å². The maximum atomic E-state index is 3.32. The summed E-state index contributed by atoms with van der Waals surface area (Å²) >= 11 is 0. The van der Waals surface area contributed by atoms with Crippen LogP contribution in [0.15, 0.2) is 0 Å². The summed E-state index contributed by atoms with van der Waals surface area (Å²) in [5.41, 5.74) is 0. The van der Waals surface area contributed by atoms with Crippen molar-refractivity contribution >= 4 is 0 Å². The molecule has 78 valence electrons. The van der Waals surface area contributed by atoms with Crippen molar-refractivity contribution in [1.82, 2.24) is 16.0 Å². The smallest absolute Gasteiger partial charge is 0.00772 e. The molecule has 2 rings (SSSR count). The maximum Gasteiger partial charge on any atom is 0.00772 e. The lowest BCUT2D eigenvalue weighted by Crippen LogP contribution is -2.39. The monoisotopic (exact) mass is 185 g/mol. The quantitative estimate of drug-likeness (QED) is 0.504. The molecule has 0 bridgehead atoms. The van der Waals surface area contributed by atoms with Crippen molar-refractivity contribution in [3.8, 4) is 0 Å². The molecule has 2 saturated heterocycles. The SMILES string of the molecule is C1CNCCN1.CC1CCNCC1. The third-order valence-electron chi connectivity index (χ3n) is 2.58. The Kier molecular flexibility index (Phi) is 6.15. The highest BCUT2D eigenvalue weighted by molar-refractivity contribution is 4.63. The Morgan fingerprint density at radius 3 is 1.31 bits per heavy atom. The van der Waals surface area contributed by atoms with Crippen molar-refractivity contribution in [2.45, 2.75) is 19.8 Å². The van der Waals surface area contributed by atoms with Crippen molar-refractivity contribution in [1.29, 1.82) is 0 Å². The molecule has 0 atom stereocenters. The Hall–Kier alpha value is -0.120. The number of piperidine rings is 1. The van der Waals surface area contributed by atoms with E-state index in [1.807, 2.05) is 0 Å². The van der Waals surface area contributed by atoms with Crippen LogP contribution in [-0.2, 0) is 0 Å². The molecule has 3 heteroatoms. The van der Waals surface area contributed by atoms with E-state index >= 15 is 0 Å². The van der Waals surface area contributed by atoms with Crippen molar-refractivity contribution in [3.63, 3.8) is 0 Å². The van der Waals surface area contributed by atoms with E-state index < -0.39 is 0 Å². The van der Waals surface area contributed by atoms with Gasteiger partial charge in [0, 0.05) is 26.2 Å². The molecule has 0 aromatic rings. The molecule has 0 aromatic carbocycles. The summed E-state index contributed by atoms with van der Waals surface area (Å²) in [5.74, 6) is 0.973. The zero-order valence-corrected chi connectivity index (χ0v) is 8.73. The van der Waals surface area contributed by atoms with Gasteiger partial charge in [-0.05, 0) is 31.8 Å². The molecule has 0 spiro atoms. The van der Waals surface area contributed by atoms with Gasteiger partial charge in [-0.2, -0.15) is 0 Å². The van der Waals surface area contributed by atoms with Gasteiger partial charge in [0.05, 0.1) is 0 Å². The molecule has 0 unspecified atom stereocenters. The highest BCUT2D eigenvalue weighted by Gasteiger charge is 2.04. The van der Waals surface area contributed by atoms with Crippen LogP contribution in [0, 0.1) is 5.92 Å². The van der Waals surface area contributed by atoms with Gasteiger partial charge in [-0.25, -0.2) is 0 Å². The predicted octanol–water partition coefficient (Wildman–Crippen LogP) is 0.185. The summed E-state index contributed by atoms with van der Waals surface area (Å²) in [6, 6.07) is 0. The van der Waals surface area contributed by atoms with Gasteiger partial charge in [-0.3, -0.25) is 0 Å². The first kappa shape index (κ1) is 11.0. The fourth-order valence-corrected chi connectivity index (χ4v) is 1.57. The molecule has 0 saturated carbocycles. The predicted molar refractivity (Wildman–Crippen MR) is 57.0 cm³/mol. The van der Waals surface area contributed by atoms with Gasteiger partial charge in [-0.1, -0.05) is 6.92 Å². The Morgan fingerprint density at radius 1 is 0.692 bits per heavy atom. The summed E-state index contributed by atoms with van der Waals surface area (Å²) in [6.07, 6.45) is 2.75. The number of nitrogens with one attached hydrogen (secondary N) is 3. The Bertz CT molecular complexity index is 95.2. The van der Waals surface area contributed by atoms with E-state index in [-0.39, 0.29) is 0 Å². The number of hydrogen-bond donors (Lipinski definition) is 3. The average molecular weight is 185 g/mol. The standard InChI is InChI=1S/C6H13N.C4H10N2/c1-6-2-4-7-5-3-6;1-2-6-4-3-5-1/h6-7H,2-5H2,1H3;5-6H,1-4H2. The van der Waals surface area contributed by atoms with Crippen molar-refractivity contribution in [2.24, 2.45) is 5.92 Å². The molecule has 2 heterocycles. The highest BCUT2D eigenvalue weighted by Crippen LogP contribution is 2.08. The lowest BCUT2D eigenvalue weighted by Gasteiger charge is -2.17. The van der Waals surface area contributed by atoms with E-state index in [1.165, 1.54) is 25.9 Å². The second-order valence-corrected chi connectivity index (χ2v) is 3.93. The summed E-state index contributed by atoms with van der Waals surface area (Å²) in [7, 11) is 0. The fraction of sp³-hybridized carbons (Fsp3) is 1.00. The van der Waals surface area contributed by atoms with E-state index in [9.17, 15) is 0 Å². The second-order valence-electron chi connectivity index (χ2n) is 3.93. The van der Waals surface area contributed by atoms with Gasteiger partial charge < -0.3 is 16.0 Å². The van der Waals surface area contributed by atoms with Crippen LogP contribution in [0.2, 0.25) is 0 Å². The number of piperazine rings is 1. The lowest BCUT2D eigenvalue weighted by molar-refractivity contribution is 0.402. The van der Waals surface area contributed by atoms with Crippen LogP contribution < -0.4 is 16.0 Å². The molecular formula is C10H23N3. The van der Waals surface area contributed by atoms with E-state index in [0.29, 0.717) is 0 Å². The molecule has 3 nitrogen and oxygen atoms in total. The largest absolute Gasteiger partial charge is 0.317 e. The van der Waals surface area contributed by atoms with Gasteiger partial charge in [0.15, 0.2) is 0 Å². The zero-order chi connectivity index (χ0) is 9.36. The first-order chi connectivity index (χ1) is 6.39. The average Bonchev–Trinajstić information content (AvgIpc) is 2.22. The van der Waals surface area contributed by atoms with Crippen LogP contribution in [0.4, 0.5) is 0 Å². The highest BCUT2D eigenvalue weighted by atomic mass is 15.0. The molecule has 0 aliphatic carbocycles. The summed E-state index contributed by atoms with van der Waals surface area (Å²) in [6.45, 7) is 9.35. The van der Waals surface area contributed by atoms with Crippen LogP contribution >= 0.6 is 0 Å². The first-order valence-corrected chi connectivity index (χ1v) is 5.52. The summed E-state index contributed by atoms with van der Waals surface area (Å²) in [4.78, 5) is 0. The molecule has 0 aromatic heterocycles. The van der Waals surface area contributed by atoms with Crippen LogP contribution in [-0.4, -0.2) is 39.3 Å². The van der Waals surface area contributed by atoms with E-state index in [0.717, 1.165) is 32.1 Å². The summed E-state index contributed by atoms with van der Waals surface area (Å²) in [5, 5.41) is 9.76. The molecule has 13 heavy (non-hydrogen) atoms. The Labute approximate surface area is 81.7 Å². The van der Waals surface area contributed by atoms with Gasteiger partial charge in [0.25, 0.3) is 0 Å². The number of hydrogen-bond acceptors (Lipinski definition) is 3. The molecule has 3 N–H and O–H groups in total. The van der Waals surface area contributed by atoms with E-state index in [2.05, 4.69) is 22.9 Å². The molecular weight excluding hydrogens is 162 g/mol. The van der Waals surface area contributed by atoms with Crippen LogP contribution in [0.1, 0.15) is 19.8 Å². The normalized spacial score (nSPS) is 24.7. The first-order valence-electron chi connectivity index (χ1n) is 5.52. The van der Waals surface area contributed by atoms with Crippen LogP contribution in [0.3, 0.4) is 0 Å². The molecule has 0 amide bonds. The fourth-order valence-electron chi connectivity index (χ4n) is 1.57. The van der Waals surface area contributed by atoms with Crippen LogP contribution in [0.5, 0.6) is 0 Å². The zero-order valence-electron chi connectivity index (χ0n) is 8.73. The third kappa shape index (κ3) is 6.02. The summed E-state index contributed by atoms with van der Waals surface area (Å²) < 4.78 is 0. The van der Waals surface area contributed by atoms with Gasteiger partial charge in [0.2, 0.25) is 0 Å². The van der Waals surface area contributed by atoms with Gasteiger partial charge >= 0.3 is 0 Å². The molecule has 2 aliphatic heterocycles. The Morgan fingerprint density at radius 2 is 1.08 bits per heavy atom. The van der Waals surface area contributed by atoms with Gasteiger partial charge in [-0.15, -0.1) is 0 Å². The minimum absolute atomic E-state index is 0.973. The molecule has 2 aliphatic rings.